The summed E-state index contributed by atoms with van der Waals surface area (Å²) in [5.41, 5.74) is 0. The highest BCUT2D eigenvalue weighted by Gasteiger charge is 2.59. The van der Waals surface area contributed by atoms with Crippen molar-refractivity contribution in [2.45, 2.75) is 49.4 Å². The summed E-state index contributed by atoms with van der Waals surface area (Å²) >= 11 is 0. The molecule has 0 bridgehead atoms. The maximum Gasteiger partial charge on any atom is 0.453 e. The Labute approximate surface area is 119 Å². The summed E-state index contributed by atoms with van der Waals surface area (Å²) < 4.78 is 158. The molecule has 0 nitrogen and oxygen atoms in total. The highest BCUT2D eigenvalue weighted by molar-refractivity contribution is 5.06. The number of halogens is 13. The van der Waals surface area contributed by atoms with E-state index in [4.69, 9.17) is 0 Å². The molecular weight excluding hydrogens is 367 g/mol. The van der Waals surface area contributed by atoms with Gasteiger partial charge in [0.25, 0.3) is 5.92 Å². The lowest BCUT2D eigenvalue weighted by Gasteiger charge is -2.22. The van der Waals surface area contributed by atoms with Gasteiger partial charge in [0.1, 0.15) is 0 Å². The van der Waals surface area contributed by atoms with Crippen LogP contribution in [0.1, 0.15) is 19.3 Å². The van der Waals surface area contributed by atoms with Crippen molar-refractivity contribution in [2.24, 2.45) is 0 Å². The number of allylic oxidation sites excluding steroid dienone is 2. The summed E-state index contributed by atoms with van der Waals surface area (Å²) in [6.45, 7) is 0. The molecule has 0 saturated carbocycles. The normalized spacial score (nSPS) is 16.0. The van der Waals surface area contributed by atoms with Gasteiger partial charge < -0.3 is 0 Å². The Bertz CT molecular complexity index is 425. The fraction of sp³-hybridized carbons (Fsp3) is 0.800. The number of hydrogen-bond acceptors (Lipinski definition) is 0. The molecule has 0 aromatic heterocycles. The van der Waals surface area contributed by atoms with E-state index in [1.807, 2.05) is 0 Å². The minimum atomic E-state index is -6.20. The molecule has 0 heterocycles. The van der Waals surface area contributed by atoms with E-state index in [1.54, 1.807) is 0 Å². The molecule has 0 atom stereocenters. The van der Waals surface area contributed by atoms with Crippen LogP contribution in [-0.2, 0) is 0 Å². The summed E-state index contributed by atoms with van der Waals surface area (Å²) in [4.78, 5) is 0. The molecular formula is C10H7F13. The highest BCUT2D eigenvalue weighted by Crippen LogP contribution is 2.43. The van der Waals surface area contributed by atoms with Gasteiger partial charge in [-0.1, -0.05) is 0 Å². The molecule has 0 aliphatic rings. The Balaban J connectivity index is 4.99. The number of hydrogen-bond donors (Lipinski definition) is 0. The molecule has 0 rings (SSSR count). The van der Waals surface area contributed by atoms with E-state index in [0.717, 1.165) is 0 Å². The summed E-state index contributed by atoms with van der Waals surface area (Å²) in [6, 6.07) is 0. The average Bonchev–Trinajstić information content (AvgIpc) is 2.31. The smallest absolute Gasteiger partial charge is 0.206 e. The van der Waals surface area contributed by atoms with E-state index < -0.39 is 61.3 Å². The van der Waals surface area contributed by atoms with Crippen molar-refractivity contribution < 1.29 is 57.1 Å². The third kappa shape index (κ3) is 5.75. The van der Waals surface area contributed by atoms with Gasteiger partial charge in [-0.3, -0.25) is 0 Å². The van der Waals surface area contributed by atoms with Crippen LogP contribution in [0.3, 0.4) is 0 Å². The van der Waals surface area contributed by atoms with Gasteiger partial charge in [0.05, 0.1) is 0 Å². The molecule has 0 aliphatic heterocycles. The van der Waals surface area contributed by atoms with Gasteiger partial charge in [-0.15, -0.1) is 0 Å². The van der Waals surface area contributed by atoms with E-state index in [0.29, 0.717) is 0 Å². The zero-order valence-corrected chi connectivity index (χ0v) is 10.6. The Kier molecular flexibility index (Phi) is 6.06. The summed E-state index contributed by atoms with van der Waals surface area (Å²) in [7, 11) is 0. The average molecular weight is 374 g/mol. The maximum atomic E-state index is 12.9. The quantitative estimate of drug-likeness (QED) is 0.497. The van der Waals surface area contributed by atoms with E-state index in [-0.39, 0.29) is 0 Å². The Hall–Kier alpha value is -1.17. The first-order valence-electron chi connectivity index (χ1n) is 5.46. The predicted molar refractivity (Wildman–Crippen MR) is 50.0 cm³/mol. The van der Waals surface area contributed by atoms with Crippen LogP contribution in [0.4, 0.5) is 57.1 Å². The van der Waals surface area contributed by atoms with Gasteiger partial charge in [0.15, 0.2) is 5.83 Å². The van der Waals surface area contributed by atoms with Crippen molar-refractivity contribution in [1.82, 2.24) is 0 Å². The van der Waals surface area contributed by atoms with Crippen LogP contribution in [0.25, 0.3) is 0 Å². The molecule has 13 heteroatoms. The second kappa shape index (κ2) is 6.38. The molecule has 0 spiro atoms. The lowest BCUT2D eigenvalue weighted by molar-refractivity contribution is -0.287. The zero-order chi connectivity index (χ0) is 18.9. The lowest BCUT2D eigenvalue weighted by atomic mass is 10.1. The fourth-order valence-corrected chi connectivity index (χ4v) is 1.06. The van der Waals surface area contributed by atoms with Crippen LogP contribution in [0.5, 0.6) is 0 Å². The van der Waals surface area contributed by atoms with Gasteiger partial charge in [-0.05, 0) is 6.08 Å². The maximum absolute atomic E-state index is 12.9. The molecule has 0 radical (unpaired) electrons. The van der Waals surface area contributed by atoms with Crippen molar-refractivity contribution in [3.8, 4) is 0 Å². The zero-order valence-electron chi connectivity index (χ0n) is 10.6. The molecule has 0 aliphatic carbocycles. The molecule has 0 aromatic carbocycles. The Morgan fingerprint density at radius 2 is 1.00 bits per heavy atom. The van der Waals surface area contributed by atoms with Gasteiger partial charge >= 0.3 is 24.2 Å². The van der Waals surface area contributed by atoms with Crippen molar-refractivity contribution in [3.63, 3.8) is 0 Å². The van der Waals surface area contributed by atoms with E-state index >= 15 is 0 Å². The van der Waals surface area contributed by atoms with Crippen molar-refractivity contribution >= 4 is 0 Å². The second-order valence-electron chi connectivity index (χ2n) is 4.37. The molecule has 0 saturated heterocycles. The lowest BCUT2D eigenvalue weighted by Crippen LogP contribution is -2.38. The van der Waals surface area contributed by atoms with Crippen molar-refractivity contribution in [2.75, 3.05) is 0 Å². The molecule has 0 fully saturated rings. The van der Waals surface area contributed by atoms with E-state index in [1.165, 1.54) is 0 Å². The SMILES string of the molecule is F/C(=C\CC(F)(F)C(F)(F)F)C(F)(F)CCC(F)(F)C(F)(F)F. The summed E-state index contributed by atoms with van der Waals surface area (Å²) in [6.07, 6.45) is -20.9. The van der Waals surface area contributed by atoms with E-state index in [2.05, 4.69) is 0 Å². The molecule has 0 N–H and O–H groups in total. The van der Waals surface area contributed by atoms with Crippen LogP contribution < -0.4 is 0 Å². The van der Waals surface area contributed by atoms with E-state index in [9.17, 15) is 57.1 Å². The monoisotopic (exact) mass is 374 g/mol. The summed E-state index contributed by atoms with van der Waals surface area (Å²) in [5, 5.41) is 0. The van der Waals surface area contributed by atoms with Crippen LogP contribution in [0.15, 0.2) is 11.9 Å². The van der Waals surface area contributed by atoms with Crippen molar-refractivity contribution in [1.29, 1.82) is 0 Å². The van der Waals surface area contributed by atoms with Crippen LogP contribution in [0, 0.1) is 0 Å². The topological polar surface area (TPSA) is 0 Å². The van der Waals surface area contributed by atoms with Crippen LogP contribution in [0.2, 0.25) is 0 Å². The van der Waals surface area contributed by atoms with Gasteiger partial charge in [-0.25, -0.2) is 4.39 Å². The first kappa shape index (κ1) is 21.8. The van der Waals surface area contributed by atoms with Crippen LogP contribution >= 0.6 is 0 Å². The fourth-order valence-electron chi connectivity index (χ4n) is 1.06. The third-order valence-electron chi connectivity index (χ3n) is 2.47. The van der Waals surface area contributed by atoms with Crippen molar-refractivity contribution in [3.05, 3.63) is 11.9 Å². The minimum absolute atomic E-state index is 0.904. The Morgan fingerprint density at radius 1 is 0.609 bits per heavy atom. The molecule has 0 aromatic rings. The molecule has 138 valence electrons. The Morgan fingerprint density at radius 3 is 1.35 bits per heavy atom. The first-order valence-corrected chi connectivity index (χ1v) is 5.46. The second-order valence-corrected chi connectivity index (χ2v) is 4.37. The highest BCUT2D eigenvalue weighted by atomic mass is 19.4. The summed E-state index contributed by atoms with van der Waals surface area (Å²) in [5.74, 6) is -19.2. The minimum Gasteiger partial charge on any atom is -0.206 e. The first-order chi connectivity index (χ1) is 9.83. The molecule has 23 heavy (non-hydrogen) atoms. The standard InChI is InChI=1S/C10H7F13/c11-5(1-2-7(14,15)9(18,19)20)6(12,13)3-4-8(16,17)10(21,22)23/h1H,2-4H2/b5-1-. The number of alkyl halides is 12. The van der Waals surface area contributed by atoms with Gasteiger partial charge in [0, 0.05) is 19.3 Å². The van der Waals surface area contributed by atoms with Crippen LogP contribution in [-0.4, -0.2) is 30.1 Å². The third-order valence-corrected chi connectivity index (χ3v) is 2.47. The van der Waals surface area contributed by atoms with Gasteiger partial charge in [-0.2, -0.15) is 52.7 Å². The van der Waals surface area contributed by atoms with Gasteiger partial charge in [0.2, 0.25) is 0 Å². The predicted octanol–water partition coefficient (Wildman–Crippen LogP) is 6.04. The molecule has 0 amide bonds. The molecule has 0 unspecified atom stereocenters. The number of rotatable bonds is 6. The largest absolute Gasteiger partial charge is 0.453 e.